The lowest BCUT2D eigenvalue weighted by Gasteiger charge is -2.06. The molecule has 1 N–H and O–H groups in total. The largest absolute Gasteiger partial charge is 0.503 e. The van der Waals surface area contributed by atoms with Gasteiger partial charge in [-0.2, -0.15) is 4.98 Å². The number of benzene rings is 2. The Hall–Kier alpha value is -2.70. The zero-order chi connectivity index (χ0) is 18.7. The number of aromatic hydroxyl groups is 1. The Kier molecular flexibility index (Phi) is 5.35. The molecule has 0 fully saturated rings. The maximum atomic E-state index is 9.78. The van der Waals surface area contributed by atoms with Gasteiger partial charge in [-0.05, 0) is 48.0 Å². The van der Waals surface area contributed by atoms with E-state index in [1.807, 2.05) is 12.1 Å². The quantitative estimate of drug-likeness (QED) is 0.668. The third kappa shape index (κ3) is 3.76. The second-order valence-corrected chi connectivity index (χ2v) is 6.01. The van der Waals surface area contributed by atoms with Crippen LogP contribution in [-0.4, -0.2) is 29.5 Å². The van der Waals surface area contributed by atoms with Gasteiger partial charge in [0.05, 0.1) is 19.2 Å². The number of halogens is 2. The molecule has 0 aliphatic heterocycles. The molecule has 2 aromatic carbocycles. The lowest BCUT2D eigenvalue weighted by Crippen LogP contribution is -1.86. The first-order chi connectivity index (χ1) is 12.5. The van der Waals surface area contributed by atoms with Crippen molar-refractivity contribution in [3.05, 3.63) is 52.9 Å². The van der Waals surface area contributed by atoms with Crippen LogP contribution in [0.4, 0.5) is 0 Å². The fourth-order valence-corrected chi connectivity index (χ4v) is 2.64. The van der Waals surface area contributed by atoms with E-state index >= 15 is 0 Å². The Balaban J connectivity index is 1.88. The van der Waals surface area contributed by atoms with Gasteiger partial charge in [-0.1, -0.05) is 28.4 Å². The average molecular weight is 393 g/mol. The second kappa shape index (κ2) is 7.68. The van der Waals surface area contributed by atoms with Crippen molar-refractivity contribution < 1.29 is 19.1 Å². The predicted octanol–water partition coefficient (Wildman–Crippen LogP) is 4.85. The molecule has 1 aromatic heterocycles. The number of phenols is 1. The van der Waals surface area contributed by atoms with Crippen LogP contribution >= 0.6 is 23.2 Å². The SMILES string of the molecule is COc1ccc(-c2noc(/C(Cl)=C/c3cc(Cl)c(O)c(OC)c3)n2)cc1. The zero-order valence-corrected chi connectivity index (χ0v) is 15.4. The summed E-state index contributed by atoms with van der Waals surface area (Å²) in [6, 6.07) is 10.4. The molecule has 0 unspecified atom stereocenters. The van der Waals surface area contributed by atoms with Crippen molar-refractivity contribution in [2.45, 2.75) is 0 Å². The molecule has 0 spiro atoms. The van der Waals surface area contributed by atoms with E-state index in [4.69, 9.17) is 37.2 Å². The number of methoxy groups -OCH3 is 2. The molecule has 0 radical (unpaired) electrons. The molecule has 3 aromatic rings. The molecular weight excluding hydrogens is 379 g/mol. The van der Waals surface area contributed by atoms with E-state index in [2.05, 4.69) is 10.1 Å². The van der Waals surface area contributed by atoms with Gasteiger partial charge in [0, 0.05) is 5.56 Å². The van der Waals surface area contributed by atoms with Crippen LogP contribution < -0.4 is 9.47 Å². The molecule has 0 amide bonds. The summed E-state index contributed by atoms with van der Waals surface area (Å²) in [5.41, 5.74) is 1.37. The highest BCUT2D eigenvalue weighted by Crippen LogP contribution is 2.36. The summed E-state index contributed by atoms with van der Waals surface area (Å²) in [6.07, 6.45) is 1.58. The predicted molar refractivity (Wildman–Crippen MR) is 99.7 cm³/mol. The Bertz CT molecular complexity index is 952. The highest BCUT2D eigenvalue weighted by atomic mass is 35.5. The molecule has 0 bridgehead atoms. The van der Waals surface area contributed by atoms with E-state index in [0.717, 1.165) is 11.3 Å². The van der Waals surface area contributed by atoms with Gasteiger partial charge in [0.2, 0.25) is 5.82 Å². The summed E-state index contributed by atoms with van der Waals surface area (Å²) in [7, 11) is 3.02. The molecule has 26 heavy (non-hydrogen) atoms. The molecule has 0 saturated heterocycles. The molecule has 6 nitrogen and oxygen atoms in total. The fourth-order valence-electron chi connectivity index (χ4n) is 2.22. The maximum Gasteiger partial charge on any atom is 0.269 e. The van der Waals surface area contributed by atoms with Crippen LogP contribution in [0.3, 0.4) is 0 Å². The molecule has 3 rings (SSSR count). The van der Waals surface area contributed by atoms with Crippen molar-refractivity contribution in [2.75, 3.05) is 14.2 Å². The number of hydrogen-bond donors (Lipinski definition) is 1. The highest BCUT2D eigenvalue weighted by Gasteiger charge is 2.13. The van der Waals surface area contributed by atoms with Crippen molar-refractivity contribution >= 4 is 34.3 Å². The Morgan fingerprint density at radius 3 is 2.54 bits per heavy atom. The zero-order valence-electron chi connectivity index (χ0n) is 13.9. The van der Waals surface area contributed by atoms with Gasteiger partial charge < -0.3 is 19.1 Å². The number of rotatable bonds is 5. The van der Waals surface area contributed by atoms with E-state index in [-0.39, 0.29) is 27.4 Å². The third-order valence-corrected chi connectivity index (χ3v) is 4.10. The van der Waals surface area contributed by atoms with E-state index in [1.54, 1.807) is 37.5 Å². The van der Waals surface area contributed by atoms with Crippen molar-refractivity contribution in [1.82, 2.24) is 10.1 Å². The number of nitrogens with zero attached hydrogens (tertiary/aromatic N) is 2. The molecular formula is C18H14Cl2N2O4. The molecule has 1 heterocycles. The summed E-state index contributed by atoms with van der Waals surface area (Å²) in [5.74, 6) is 1.38. The van der Waals surface area contributed by atoms with E-state index in [9.17, 15) is 5.11 Å². The average Bonchev–Trinajstić information content (AvgIpc) is 3.15. The van der Waals surface area contributed by atoms with E-state index < -0.39 is 0 Å². The van der Waals surface area contributed by atoms with Crippen molar-refractivity contribution in [3.8, 4) is 28.6 Å². The third-order valence-electron chi connectivity index (χ3n) is 3.54. The number of ether oxygens (including phenoxy) is 2. The van der Waals surface area contributed by atoms with Crippen LogP contribution in [0, 0.1) is 0 Å². The van der Waals surface area contributed by atoms with Crippen molar-refractivity contribution in [2.24, 2.45) is 0 Å². The van der Waals surface area contributed by atoms with Crippen LogP contribution in [0.2, 0.25) is 5.02 Å². The molecule has 134 valence electrons. The monoisotopic (exact) mass is 392 g/mol. The van der Waals surface area contributed by atoms with Gasteiger partial charge in [0.15, 0.2) is 11.5 Å². The van der Waals surface area contributed by atoms with E-state index in [0.29, 0.717) is 11.4 Å². The second-order valence-electron chi connectivity index (χ2n) is 5.20. The summed E-state index contributed by atoms with van der Waals surface area (Å²) < 4.78 is 15.4. The van der Waals surface area contributed by atoms with Crippen molar-refractivity contribution in [1.29, 1.82) is 0 Å². The summed E-state index contributed by atoms with van der Waals surface area (Å²) in [6.45, 7) is 0. The lowest BCUT2D eigenvalue weighted by molar-refractivity contribution is 0.373. The fraction of sp³-hybridized carbons (Fsp3) is 0.111. The minimum atomic E-state index is -0.137. The van der Waals surface area contributed by atoms with Gasteiger partial charge in [0.1, 0.15) is 10.8 Å². The molecule has 0 aliphatic rings. The number of phenolic OH excluding ortho intramolecular Hbond substituents is 1. The number of aromatic nitrogens is 2. The Labute approximate surface area is 159 Å². The molecule has 0 atom stereocenters. The van der Waals surface area contributed by atoms with Crippen LogP contribution in [0.15, 0.2) is 40.9 Å². The first kappa shape index (κ1) is 18.1. The van der Waals surface area contributed by atoms with Crippen LogP contribution in [0.1, 0.15) is 11.5 Å². The Morgan fingerprint density at radius 1 is 1.15 bits per heavy atom. The normalized spacial score (nSPS) is 11.5. The standard InChI is InChI=1S/C18H14Cl2N2O4/c1-24-12-5-3-11(4-6-12)17-21-18(26-22-17)14(20)8-10-7-13(19)16(23)15(9-10)25-2/h3-9,23H,1-2H3/b14-8-. The van der Waals surface area contributed by atoms with Crippen molar-refractivity contribution in [3.63, 3.8) is 0 Å². The smallest absolute Gasteiger partial charge is 0.269 e. The number of hydrogen-bond acceptors (Lipinski definition) is 6. The van der Waals surface area contributed by atoms with Gasteiger partial charge in [0.25, 0.3) is 5.89 Å². The molecule has 8 heteroatoms. The first-order valence-electron chi connectivity index (χ1n) is 7.44. The first-order valence-corrected chi connectivity index (χ1v) is 8.19. The minimum absolute atomic E-state index is 0.137. The molecule has 0 aliphatic carbocycles. The summed E-state index contributed by atoms with van der Waals surface area (Å²) in [5, 5.41) is 14.1. The topological polar surface area (TPSA) is 77.6 Å². The lowest BCUT2D eigenvalue weighted by atomic mass is 10.2. The van der Waals surface area contributed by atoms with Crippen LogP contribution in [0.25, 0.3) is 22.5 Å². The van der Waals surface area contributed by atoms with Gasteiger partial charge in [-0.25, -0.2) is 0 Å². The van der Waals surface area contributed by atoms with Crippen LogP contribution in [0.5, 0.6) is 17.2 Å². The Morgan fingerprint density at radius 2 is 1.88 bits per heavy atom. The van der Waals surface area contributed by atoms with Gasteiger partial charge >= 0.3 is 0 Å². The summed E-state index contributed by atoms with van der Waals surface area (Å²) in [4.78, 5) is 4.28. The highest BCUT2D eigenvalue weighted by molar-refractivity contribution is 6.50. The van der Waals surface area contributed by atoms with Gasteiger partial charge in [-0.15, -0.1) is 0 Å². The van der Waals surface area contributed by atoms with Gasteiger partial charge in [-0.3, -0.25) is 0 Å². The summed E-state index contributed by atoms with van der Waals surface area (Å²) >= 11 is 12.2. The van der Waals surface area contributed by atoms with Crippen LogP contribution in [-0.2, 0) is 0 Å². The maximum absolute atomic E-state index is 9.78. The molecule has 0 saturated carbocycles. The minimum Gasteiger partial charge on any atom is -0.503 e. The van der Waals surface area contributed by atoms with E-state index in [1.165, 1.54) is 7.11 Å².